The average molecular weight is 245 g/mol. The Morgan fingerprint density at radius 1 is 1.39 bits per heavy atom. The summed E-state index contributed by atoms with van der Waals surface area (Å²) in [7, 11) is 0. The molecule has 0 atom stereocenters. The fourth-order valence-electron chi connectivity index (χ4n) is 1.28. The number of nitrogens with zero attached hydrogens (tertiary/aromatic N) is 3. The lowest BCUT2D eigenvalue weighted by atomic mass is 10.2. The van der Waals surface area contributed by atoms with Crippen LogP contribution in [0.3, 0.4) is 0 Å². The van der Waals surface area contributed by atoms with E-state index in [2.05, 4.69) is 15.4 Å². The number of hydrogen-bond donors (Lipinski definition) is 2. The van der Waals surface area contributed by atoms with Crippen molar-refractivity contribution in [2.75, 3.05) is 5.43 Å². The van der Waals surface area contributed by atoms with Crippen molar-refractivity contribution >= 4 is 5.82 Å². The van der Waals surface area contributed by atoms with E-state index >= 15 is 0 Å². The lowest BCUT2D eigenvalue weighted by molar-refractivity contribution is 0.454. The number of anilines is 1. The van der Waals surface area contributed by atoms with E-state index in [4.69, 9.17) is 15.8 Å². The number of rotatable bonds is 3. The van der Waals surface area contributed by atoms with Crippen LogP contribution in [0.25, 0.3) is 0 Å². The number of hydrazine groups is 1. The molecule has 1 aromatic carbocycles. The van der Waals surface area contributed by atoms with Crippen LogP contribution in [0, 0.1) is 17.1 Å². The van der Waals surface area contributed by atoms with E-state index in [-0.39, 0.29) is 17.2 Å². The minimum atomic E-state index is -0.656. The number of halogens is 1. The highest BCUT2D eigenvalue weighted by Crippen LogP contribution is 2.25. The highest BCUT2D eigenvalue weighted by atomic mass is 19.1. The average Bonchev–Trinajstić information content (AvgIpc) is 2.39. The number of ether oxygens (including phenoxy) is 1. The van der Waals surface area contributed by atoms with Crippen LogP contribution in [0.5, 0.6) is 11.6 Å². The van der Waals surface area contributed by atoms with Crippen LogP contribution in [-0.2, 0) is 0 Å². The zero-order chi connectivity index (χ0) is 13.0. The van der Waals surface area contributed by atoms with Crippen LogP contribution in [0.1, 0.15) is 5.56 Å². The Kier molecular flexibility index (Phi) is 3.31. The van der Waals surface area contributed by atoms with E-state index < -0.39 is 5.82 Å². The Bertz CT molecular complexity index is 611. The van der Waals surface area contributed by atoms with Crippen LogP contribution in [0.2, 0.25) is 0 Å². The van der Waals surface area contributed by atoms with Gasteiger partial charge in [-0.2, -0.15) is 10.2 Å². The molecule has 1 aromatic heterocycles. The van der Waals surface area contributed by atoms with Crippen molar-refractivity contribution in [2.24, 2.45) is 5.84 Å². The summed E-state index contributed by atoms with van der Waals surface area (Å²) in [5.41, 5.74) is 2.11. The topological polar surface area (TPSA) is 96.8 Å². The Balaban J connectivity index is 2.34. The molecule has 90 valence electrons. The van der Waals surface area contributed by atoms with E-state index in [9.17, 15) is 4.39 Å². The first-order valence-electron chi connectivity index (χ1n) is 4.89. The monoisotopic (exact) mass is 245 g/mol. The fraction of sp³-hybridized carbons (Fsp3) is 0. The largest absolute Gasteiger partial charge is 0.436 e. The predicted octanol–water partition coefficient (Wildman–Crippen LogP) is 1.57. The van der Waals surface area contributed by atoms with Gasteiger partial charge >= 0.3 is 0 Å². The SMILES string of the molecule is N#Cc1c(F)cccc1Oc1cncc(NN)n1. The minimum absolute atomic E-state index is 0.0703. The van der Waals surface area contributed by atoms with E-state index in [1.54, 1.807) is 6.07 Å². The molecule has 0 saturated carbocycles. The molecule has 2 rings (SSSR count). The van der Waals surface area contributed by atoms with Gasteiger partial charge in [0.1, 0.15) is 23.2 Å². The second-order valence-electron chi connectivity index (χ2n) is 3.21. The zero-order valence-electron chi connectivity index (χ0n) is 9.09. The van der Waals surface area contributed by atoms with Crippen molar-refractivity contribution < 1.29 is 9.13 Å². The molecule has 2 aromatic rings. The molecule has 0 saturated heterocycles. The second-order valence-corrected chi connectivity index (χ2v) is 3.21. The molecule has 0 fully saturated rings. The molecule has 0 spiro atoms. The molecule has 0 aliphatic heterocycles. The Labute approximate surface area is 102 Å². The molecule has 0 unspecified atom stereocenters. The van der Waals surface area contributed by atoms with Gasteiger partial charge in [-0.05, 0) is 12.1 Å². The smallest absolute Gasteiger partial charge is 0.239 e. The maximum Gasteiger partial charge on any atom is 0.239 e. The van der Waals surface area contributed by atoms with Crippen molar-refractivity contribution in [3.8, 4) is 17.7 Å². The molecule has 3 N–H and O–H groups in total. The minimum Gasteiger partial charge on any atom is -0.436 e. The molecule has 6 nitrogen and oxygen atoms in total. The van der Waals surface area contributed by atoms with Gasteiger partial charge in [-0.25, -0.2) is 10.2 Å². The first kappa shape index (κ1) is 11.8. The van der Waals surface area contributed by atoms with Gasteiger partial charge in [-0.3, -0.25) is 4.98 Å². The van der Waals surface area contributed by atoms with Crippen molar-refractivity contribution in [2.45, 2.75) is 0 Å². The molecule has 0 bridgehead atoms. The van der Waals surface area contributed by atoms with E-state index in [1.807, 2.05) is 0 Å². The number of nitrogen functional groups attached to an aromatic ring is 1. The van der Waals surface area contributed by atoms with Crippen molar-refractivity contribution in [3.63, 3.8) is 0 Å². The Morgan fingerprint density at radius 2 is 2.22 bits per heavy atom. The van der Waals surface area contributed by atoms with Crippen molar-refractivity contribution in [3.05, 3.63) is 42.0 Å². The van der Waals surface area contributed by atoms with E-state index in [0.29, 0.717) is 5.82 Å². The Morgan fingerprint density at radius 3 is 2.94 bits per heavy atom. The summed E-state index contributed by atoms with van der Waals surface area (Å²) in [5.74, 6) is 4.98. The van der Waals surface area contributed by atoms with Gasteiger partial charge in [0, 0.05) is 0 Å². The van der Waals surface area contributed by atoms with E-state index in [0.717, 1.165) is 0 Å². The third-order valence-corrected chi connectivity index (χ3v) is 2.06. The lowest BCUT2D eigenvalue weighted by Crippen LogP contribution is -2.09. The van der Waals surface area contributed by atoms with Crippen LogP contribution in [0.4, 0.5) is 10.2 Å². The fourth-order valence-corrected chi connectivity index (χ4v) is 1.28. The molecule has 7 heteroatoms. The van der Waals surface area contributed by atoms with Crippen LogP contribution in [-0.4, -0.2) is 9.97 Å². The van der Waals surface area contributed by atoms with Gasteiger partial charge in [-0.1, -0.05) is 6.07 Å². The van der Waals surface area contributed by atoms with Gasteiger partial charge in [-0.15, -0.1) is 0 Å². The highest BCUT2D eigenvalue weighted by Gasteiger charge is 2.10. The van der Waals surface area contributed by atoms with Crippen LogP contribution >= 0.6 is 0 Å². The first-order valence-corrected chi connectivity index (χ1v) is 4.89. The molecule has 18 heavy (non-hydrogen) atoms. The molecule has 0 aliphatic rings. The second kappa shape index (κ2) is 5.07. The normalized spacial score (nSPS) is 9.61. The predicted molar refractivity (Wildman–Crippen MR) is 61.0 cm³/mol. The summed E-state index contributed by atoms with van der Waals surface area (Å²) in [6, 6.07) is 5.80. The van der Waals surface area contributed by atoms with Crippen LogP contribution in [0.15, 0.2) is 30.6 Å². The van der Waals surface area contributed by atoms with Gasteiger partial charge < -0.3 is 10.2 Å². The summed E-state index contributed by atoms with van der Waals surface area (Å²) in [6.45, 7) is 0. The van der Waals surface area contributed by atoms with Gasteiger partial charge in [0.2, 0.25) is 5.88 Å². The summed E-state index contributed by atoms with van der Waals surface area (Å²) >= 11 is 0. The third-order valence-electron chi connectivity index (χ3n) is 2.06. The number of nitriles is 1. The van der Waals surface area contributed by atoms with Gasteiger partial charge in [0.15, 0.2) is 5.82 Å². The summed E-state index contributed by atoms with van der Waals surface area (Å²) in [5, 5.41) is 8.84. The Hall–Kier alpha value is -2.72. The quantitative estimate of drug-likeness (QED) is 0.629. The molecule has 1 heterocycles. The molecule has 0 aliphatic carbocycles. The number of nitrogens with two attached hydrogens (primary N) is 1. The lowest BCUT2D eigenvalue weighted by Gasteiger charge is -2.07. The molecule has 0 radical (unpaired) electrons. The standard InChI is InChI=1S/C11H8FN5O/c12-8-2-1-3-9(7(8)4-13)18-11-6-15-5-10(16-11)17-14/h1-3,5-6H,14H2,(H,16,17). The molecular formula is C11H8FN5O. The molecular weight excluding hydrogens is 237 g/mol. The third kappa shape index (κ3) is 2.34. The van der Waals surface area contributed by atoms with Crippen molar-refractivity contribution in [1.29, 1.82) is 5.26 Å². The van der Waals surface area contributed by atoms with Gasteiger partial charge in [0.25, 0.3) is 0 Å². The molecule has 0 amide bonds. The van der Waals surface area contributed by atoms with Crippen molar-refractivity contribution in [1.82, 2.24) is 9.97 Å². The number of aromatic nitrogens is 2. The maximum atomic E-state index is 13.3. The van der Waals surface area contributed by atoms with E-state index in [1.165, 1.54) is 30.6 Å². The first-order chi connectivity index (χ1) is 8.74. The summed E-state index contributed by atoms with van der Waals surface area (Å²) in [4.78, 5) is 7.76. The number of benzene rings is 1. The highest BCUT2D eigenvalue weighted by molar-refractivity contribution is 5.45. The zero-order valence-corrected chi connectivity index (χ0v) is 9.09. The van der Waals surface area contributed by atoms with Gasteiger partial charge in [0.05, 0.1) is 12.4 Å². The number of hydrogen-bond acceptors (Lipinski definition) is 6. The number of nitrogens with one attached hydrogen (secondary N) is 1. The summed E-state index contributed by atoms with van der Waals surface area (Å²) in [6.07, 6.45) is 2.72. The maximum absolute atomic E-state index is 13.3. The van der Waals surface area contributed by atoms with Crippen LogP contribution < -0.4 is 16.0 Å². The summed E-state index contributed by atoms with van der Waals surface area (Å²) < 4.78 is 18.6.